The number of benzene rings is 1. The van der Waals surface area contributed by atoms with E-state index in [1.807, 2.05) is 0 Å². The Kier molecular flexibility index (Phi) is 5.26. The van der Waals surface area contributed by atoms with Gasteiger partial charge in [-0.05, 0) is 12.1 Å². The molecule has 0 radical (unpaired) electrons. The number of ether oxygens (including phenoxy) is 2. The topological polar surface area (TPSA) is 35.5 Å². The number of hydrogen-bond donors (Lipinski definition) is 0. The molecule has 0 saturated carbocycles. The molecule has 0 amide bonds. The highest BCUT2D eigenvalue weighted by molar-refractivity contribution is 5.79. The van der Waals surface area contributed by atoms with Gasteiger partial charge in [-0.3, -0.25) is 0 Å². The van der Waals surface area contributed by atoms with Gasteiger partial charge in [0.15, 0.2) is 0 Å². The summed E-state index contributed by atoms with van der Waals surface area (Å²) in [5, 5.41) is 0. The Morgan fingerprint density at radius 1 is 0.909 bits per heavy atom. The van der Waals surface area contributed by atoms with Crippen molar-refractivity contribution in [3.63, 3.8) is 0 Å². The fraction of sp³-hybridized carbons (Fsp3) is 0.417. The molecule has 10 heteroatoms. The van der Waals surface area contributed by atoms with Crippen LogP contribution in [0.25, 0.3) is 0 Å². The van der Waals surface area contributed by atoms with Gasteiger partial charge in [-0.2, -0.15) is 30.7 Å². The first-order chi connectivity index (χ1) is 10.00. The molecule has 0 atom stereocenters. The van der Waals surface area contributed by atoms with Gasteiger partial charge in [0.1, 0.15) is 19.0 Å². The van der Waals surface area contributed by atoms with Crippen molar-refractivity contribution in [2.24, 2.45) is 0 Å². The molecule has 0 saturated heterocycles. The van der Waals surface area contributed by atoms with Crippen LogP contribution in [-0.2, 0) is 9.53 Å². The van der Waals surface area contributed by atoms with Gasteiger partial charge in [-0.15, -0.1) is 0 Å². The Morgan fingerprint density at radius 2 is 1.45 bits per heavy atom. The third-order valence-corrected chi connectivity index (χ3v) is 2.34. The summed E-state index contributed by atoms with van der Waals surface area (Å²) in [4.78, 5) is 10.8. The van der Waals surface area contributed by atoms with Gasteiger partial charge in [0, 0.05) is 0 Å². The molecular weight excluding hydrogens is 325 g/mol. The zero-order valence-electron chi connectivity index (χ0n) is 10.7. The zero-order chi connectivity index (χ0) is 17.0. The van der Waals surface area contributed by atoms with Crippen molar-refractivity contribution >= 4 is 5.97 Å². The lowest BCUT2D eigenvalue weighted by Crippen LogP contribution is -2.56. The van der Waals surface area contributed by atoms with Crippen LogP contribution in [-0.4, -0.2) is 37.2 Å². The lowest BCUT2D eigenvalue weighted by atomic mass is 10.1. The van der Waals surface area contributed by atoms with Gasteiger partial charge < -0.3 is 9.47 Å². The van der Waals surface area contributed by atoms with Crippen molar-refractivity contribution in [3.8, 4) is 5.75 Å². The monoisotopic (exact) mass is 334 g/mol. The fourth-order valence-corrected chi connectivity index (χ4v) is 1.21. The highest BCUT2D eigenvalue weighted by atomic mass is 19.4. The summed E-state index contributed by atoms with van der Waals surface area (Å²) in [7, 11) is 0. The van der Waals surface area contributed by atoms with Gasteiger partial charge in [-0.1, -0.05) is 18.2 Å². The second kappa shape index (κ2) is 6.41. The SMILES string of the molecule is O=C(OCCOc1ccccc1)C(F)(F)C(F)(F)C(F)(F)F. The Hall–Kier alpha value is -2.00. The number of para-hydroxylation sites is 1. The normalized spacial score (nSPS) is 12.9. The number of esters is 1. The van der Waals surface area contributed by atoms with Crippen LogP contribution >= 0.6 is 0 Å². The van der Waals surface area contributed by atoms with Crippen LogP contribution in [0.2, 0.25) is 0 Å². The van der Waals surface area contributed by atoms with E-state index in [0.717, 1.165) is 0 Å². The molecule has 0 spiro atoms. The molecule has 0 aliphatic rings. The predicted molar refractivity (Wildman–Crippen MR) is 58.8 cm³/mol. The van der Waals surface area contributed by atoms with Gasteiger partial charge in [0.25, 0.3) is 0 Å². The van der Waals surface area contributed by atoms with Gasteiger partial charge >= 0.3 is 24.0 Å². The highest BCUT2D eigenvalue weighted by Crippen LogP contribution is 2.46. The quantitative estimate of drug-likeness (QED) is 0.454. The Labute approximate surface area is 119 Å². The molecule has 0 aliphatic carbocycles. The van der Waals surface area contributed by atoms with E-state index in [4.69, 9.17) is 4.74 Å². The molecule has 124 valence electrons. The molecule has 0 aliphatic heterocycles. The van der Waals surface area contributed by atoms with Crippen LogP contribution in [0.5, 0.6) is 5.75 Å². The van der Waals surface area contributed by atoms with Crippen LogP contribution in [0.1, 0.15) is 0 Å². The summed E-state index contributed by atoms with van der Waals surface area (Å²) >= 11 is 0. The van der Waals surface area contributed by atoms with Crippen LogP contribution < -0.4 is 4.74 Å². The average Bonchev–Trinajstić information content (AvgIpc) is 2.43. The molecule has 0 N–H and O–H groups in total. The number of alkyl halides is 7. The maximum atomic E-state index is 12.9. The van der Waals surface area contributed by atoms with E-state index < -0.39 is 37.2 Å². The minimum Gasteiger partial charge on any atom is -0.490 e. The van der Waals surface area contributed by atoms with Crippen LogP contribution in [0, 0.1) is 0 Å². The summed E-state index contributed by atoms with van der Waals surface area (Å²) in [5.74, 6) is -15.3. The number of halogens is 7. The van der Waals surface area contributed by atoms with Crippen molar-refractivity contribution in [1.82, 2.24) is 0 Å². The van der Waals surface area contributed by atoms with Crippen LogP contribution in [0.4, 0.5) is 30.7 Å². The highest BCUT2D eigenvalue weighted by Gasteiger charge is 2.77. The molecule has 1 aromatic carbocycles. The predicted octanol–water partition coefficient (Wildman–Crippen LogP) is 3.44. The van der Waals surface area contributed by atoms with E-state index in [1.54, 1.807) is 18.2 Å². The molecule has 0 fully saturated rings. The molecule has 22 heavy (non-hydrogen) atoms. The van der Waals surface area contributed by atoms with E-state index >= 15 is 0 Å². The first-order valence-corrected chi connectivity index (χ1v) is 5.67. The minimum absolute atomic E-state index is 0.269. The van der Waals surface area contributed by atoms with E-state index in [2.05, 4.69) is 4.74 Å². The van der Waals surface area contributed by atoms with E-state index in [9.17, 15) is 35.5 Å². The summed E-state index contributed by atoms with van der Waals surface area (Å²) in [6.45, 7) is -1.42. The molecule has 3 nitrogen and oxygen atoms in total. The first kappa shape index (κ1) is 18.1. The second-order valence-electron chi connectivity index (χ2n) is 3.94. The Balaban J connectivity index is 2.54. The molecule has 0 bridgehead atoms. The standard InChI is InChI=1S/C12H9F7O3/c13-10(14,11(15,16)12(17,18)19)9(20)22-7-6-21-8-4-2-1-3-5-8/h1-5H,6-7H2. The molecule has 0 heterocycles. The van der Waals surface area contributed by atoms with E-state index in [0.29, 0.717) is 0 Å². The Morgan fingerprint density at radius 3 is 1.95 bits per heavy atom. The number of rotatable bonds is 6. The maximum Gasteiger partial charge on any atom is 0.460 e. The van der Waals surface area contributed by atoms with Gasteiger partial charge in [-0.25, -0.2) is 4.79 Å². The van der Waals surface area contributed by atoms with Crippen molar-refractivity contribution in [3.05, 3.63) is 30.3 Å². The number of carbonyl (C=O) groups is 1. The van der Waals surface area contributed by atoms with Crippen LogP contribution in [0.15, 0.2) is 30.3 Å². The summed E-state index contributed by atoms with van der Waals surface area (Å²) in [6, 6.07) is 7.72. The lowest BCUT2D eigenvalue weighted by molar-refractivity contribution is -0.348. The number of hydrogen-bond acceptors (Lipinski definition) is 3. The summed E-state index contributed by atoms with van der Waals surface area (Å²) in [5.41, 5.74) is 0. The molecule has 1 aromatic rings. The molecule has 0 aromatic heterocycles. The molecular formula is C12H9F7O3. The third-order valence-electron chi connectivity index (χ3n) is 2.34. The van der Waals surface area contributed by atoms with Crippen molar-refractivity contribution < 1.29 is 45.0 Å². The lowest BCUT2D eigenvalue weighted by Gasteiger charge is -2.26. The molecule has 0 unspecified atom stereocenters. The van der Waals surface area contributed by atoms with E-state index in [1.165, 1.54) is 12.1 Å². The Bertz CT molecular complexity index is 499. The fourth-order valence-electron chi connectivity index (χ4n) is 1.21. The summed E-state index contributed by atoms with van der Waals surface area (Å²) < 4.78 is 94.9. The maximum absolute atomic E-state index is 12.9. The van der Waals surface area contributed by atoms with Crippen molar-refractivity contribution in [1.29, 1.82) is 0 Å². The third kappa shape index (κ3) is 3.80. The van der Waals surface area contributed by atoms with Gasteiger partial charge in [0.2, 0.25) is 0 Å². The first-order valence-electron chi connectivity index (χ1n) is 5.67. The van der Waals surface area contributed by atoms with Crippen molar-refractivity contribution in [2.45, 2.75) is 18.0 Å². The molecule has 1 rings (SSSR count). The van der Waals surface area contributed by atoms with Crippen LogP contribution in [0.3, 0.4) is 0 Å². The largest absolute Gasteiger partial charge is 0.490 e. The average molecular weight is 334 g/mol. The van der Waals surface area contributed by atoms with Gasteiger partial charge in [0.05, 0.1) is 0 Å². The zero-order valence-corrected chi connectivity index (χ0v) is 10.7. The minimum atomic E-state index is -6.59. The van der Waals surface area contributed by atoms with E-state index in [-0.39, 0.29) is 5.75 Å². The smallest absolute Gasteiger partial charge is 0.460 e. The summed E-state index contributed by atoms with van der Waals surface area (Å²) in [6.07, 6.45) is -6.59. The number of carbonyl (C=O) groups excluding carboxylic acids is 1. The van der Waals surface area contributed by atoms with Crippen molar-refractivity contribution in [2.75, 3.05) is 13.2 Å². The second-order valence-corrected chi connectivity index (χ2v) is 3.94.